The topological polar surface area (TPSA) is 99.0 Å². The van der Waals surface area contributed by atoms with Gasteiger partial charge < -0.3 is 15.8 Å². The standard InChI is InChI=1S/C19H14F2N4O2/c20-19(21,18(26)27)13-4-3-5-14(8-13)23-10-12(9-22)17-11-24-15-6-1-2-7-16(15)25-17/h1-11,22-23H,(H,26,27)/b12-10+,22-9?. The third-order valence-corrected chi connectivity index (χ3v) is 3.79. The predicted molar refractivity (Wildman–Crippen MR) is 97.9 cm³/mol. The number of rotatable bonds is 6. The molecule has 0 aliphatic heterocycles. The average Bonchev–Trinajstić information content (AvgIpc) is 2.68. The minimum Gasteiger partial charge on any atom is -0.477 e. The SMILES string of the molecule is N=C/C(=C\Nc1cccc(C(F)(F)C(=O)O)c1)c1cnc2ccccc2n1. The highest BCUT2D eigenvalue weighted by molar-refractivity contribution is 6.08. The van der Waals surface area contributed by atoms with Crippen molar-refractivity contribution in [2.45, 2.75) is 5.92 Å². The zero-order chi connectivity index (χ0) is 19.4. The van der Waals surface area contributed by atoms with Gasteiger partial charge in [-0.3, -0.25) is 4.98 Å². The van der Waals surface area contributed by atoms with Crippen molar-refractivity contribution >= 4 is 34.5 Å². The number of fused-ring (bicyclic) bond motifs is 1. The highest BCUT2D eigenvalue weighted by atomic mass is 19.3. The molecule has 3 aromatic rings. The van der Waals surface area contributed by atoms with Crippen LogP contribution in [0.3, 0.4) is 0 Å². The number of alkyl halides is 2. The number of allylic oxidation sites excluding steroid dienone is 1. The normalized spacial score (nSPS) is 12.0. The van der Waals surface area contributed by atoms with Gasteiger partial charge in [-0.25, -0.2) is 9.78 Å². The van der Waals surface area contributed by atoms with Crippen LogP contribution in [0.15, 0.2) is 60.9 Å². The van der Waals surface area contributed by atoms with Gasteiger partial charge in [-0.15, -0.1) is 0 Å². The van der Waals surface area contributed by atoms with Crippen LogP contribution in [0.4, 0.5) is 14.5 Å². The predicted octanol–water partition coefficient (Wildman–Crippen LogP) is 3.91. The number of anilines is 1. The third kappa shape index (κ3) is 3.79. The van der Waals surface area contributed by atoms with E-state index >= 15 is 0 Å². The van der Waals surface area contributed by atoms with Crippen molar-refractivity contribution in [3.05, 3.63) is 72.2 Å². The summed E-state index contributed by atoms with van der Waals surface area (Å²) in [5, 5.41) is 19.0. The molecule has 3 N–H and O–H groups in total. The lowest BCUT2D eigenvalue weighted by atomic mass is 10.1. The zero-order valence-corrected chi connectivity index (χ0v) is 13.9. The van der Waals surface area contributed by atoms with Crippen molar-refractivity contribution in [1.82, 2.24) is 9.97 Å². The summed E-state index contributed by atoms with van der Waals surface area (Å²) in [6, 6.07) is 12.2. The molecule has 2 aromatic carbocycles. The van der Waals surface area contributed by atoms with Crippen LogP contribution >= 0.6 is 0 Å². The molecule has 0 amide bonds. The summed E-state index contributed by atoms with van der Waals surface area (Å²) in [6.07, 6.45) is 3.99. The molecular weight excluding hydrogens is 354 g/mol. The Hall–Kier alpha value is -3.68. The van der Waals surface area contributed by atoms with Crippen LogP contribution in [0.25, 0.3) is 16.6 Å². The van der Waals surface area contributed by atoms with Crippen molar-refractivity contribution in [2.24, 2.45) is 0 Å². The number of benzene rings is 2. The Morgan fingerprint density at radius 2 is 1.89 bits per heavy atom. The summed E-state index contributed by atoms with van der Waals surface area (Å²) < 4.78 is 27.3. The Morgan fingerprint density at radius 1 is 1.15 bits per heavy atom. The molecule has 0 aliphatic carbocycles. The first-order chi connectivity index (χ1) is 12.9. The zero-order valence-electron chi connectivity index (χ0n) is 13.9. The summed E-state index contributed by atoms with van der Waals surface area (Å²) >= 11 is 0. The van der Waals surface area contributed by atoms with E-state index in [2.05, 4.69) is 15.3 Å². The van der Waals surface area contributed by atoms with E-state index in [9.17, 15) is 13.6 Å². The van der Waals surface area contributed by atoms with Crippen LogP contribution in [0.2, 0.25) is 0 Å². The minimum atomic E-state index is -3.99. The number of carboxylic acids is 1. The van der Waals surface area contributed by atoms with Crippen LogP contribution < -0.4 is 5.32 Å². The molecule has 0 saturated heterocycles. The van der Waals surface area contributed by atoms with E-state index in [4.69, 9.17) is 10.5 Å². The Bertz CT molecular complexity index is 1050. The number of carbonyl (C=O) groups is 1. The molecule has 0 atom stereocenters. The Balaban J connectivity index is 1.89. The van der Waals surface area contributed by atoms with Gasteiger partial charge in [0.15, 0.2) is 0 Å². The van der Waals surface area contributed by atoms with Gasteiger partial charge in [-0.2, -0.15) is 8.78 Å². The summed E-state index contributed by atoms with van der Waals surface area (Å²) in [5.74, 6) is -6.21. The molecule has 0 spiro atoms. The van der Waals surface area contributed by atoms with Crippen LogP contribution in [-0.2, 0) is 10.7 Å². The van der Waals surface area contributed by atoms with Crippen molar-refractivity contribution in [3.63, 3.8) is 0 Å². The van der Waals surface area contributed by atoms with E-state index in [1.54, 1.807) is 6.07 Å². The lowest BCUT2D eigenvalue weighted by Gasteiger charge is -2.12. The number of halogens is 2. The van der Waals surface area contributed by atoms with Gasteiger partial charge in [0, 0.05) is 29.2 Å². The first kappa shape index (κ1) is 18.1. The minimum absolute atomic E-state index is 0.251. The van der Waals surface area contributed by atoms with E-state index < -0.39 is 17.5 Å². The van der Waals surface area contributed by atoms with Gasteiger partial charge >= 0.3 is 11.9 Å². The van der Waals surface area contributed by atoms with Gasteiger partial charge in [0.25, 0.3) is 0 Å². The Kier molecular flexibility index (Phi) is 4.89. The second-order valence-electron chi connectivity index (χ2n) is 5.59. The van der Waals surface area contributed by atoms with Gasteiger partial charge in [0.2, 0.25) is 0 Å². The van der Waals surface area contributed by atoms with E-state index in [1.165, 1.54) is 24.5 Å². The Labute approximate surface area is 152 Å². The van der Waals surface area contributed by atoms with Crippen LogP contribution in [0.5, 0.6) is 0 Å². The number of nitrogens with one attached hydrogen (secondary N) is 2. The number of aromatic nitrogens is 2. The fourth-order valence-corrected chi connectivity index (χ4v) is 2.37. The van der Waals surface area contributed by atoms with Gasteiger partial charge in [-0.05, 0) is 24.3 Å². The quantitative estimate of drug-likeness (QED) is 0.573. The van der Waals surface area contributed by atoms with Gasteiger partial charge in [0.1, 0.15) is 0 Å². The lowest BCUT2D eigenvalue weighted by molar-refractivity contribution is -0.166. The fourth-order valence-electron chi connectivity index (χ4n) is 2.37. The van der Waals surface area contributed by atoms with Crippen molar-refractivity contribution in [1.29, 1.82) is 5.41 Å². The molecule has 27 heavy (non-hydrogen) atoms. The lowest BCUT2D eigenvalue weighted by Crippen LogP contribution is -2.25. The van der Waals surface area contributed by atoms with Crippen LogP contribution in [-0.4, -0.2) is 27.3 Å². The molecule has 0 radical (unpaired) electrons. The van der Waals surface area contributed by atoms with E-state index in [1.807, 2.05) is 18.2 Å². The molecule has 3 rings (SSSR count). The largest absolute Gasteiger partial charge is 0.477 e. The molecule has 1 heterocycles. The maximum Gasteiger partial charge on any atom is 0.379 e. The molecule has 6 nitrogen and oxygen atoms in total. The first-order valence-corrected chi connectivity index (χ1v) is 7.83. The molecule has 0 bridgehead atoms. The van der Waals surface area contributed by atoms with Crippen molar-refractivity contribution in [2.75, 3.05) is 5.32 Å². The highest BCUT2D eigenvalue weighted by Crippen LogP contribution is 2.30. The second-order valence-corrected chi connectivity index (χ2v) is 5.59. The summed E-state index contributed by atoms with van der Waals surface area (Å²) in [6.45, 7) is 0. The third-order valence-electron chi connectivity index (χ3n) is 3.79. The monoisotopic (exact) mass is 368 g/mol. The number of carboxylic acid groups (broad SMARTS) is 1. The number of nitrogens with zero attached hydrogens (tertiary/aromatic N) is 2. The smallest absolute Gasteiger partial charge is 0.379 e. The second kappa shape index (κ2) is 7.28. The number of aliphatic carboxylic acids is 1. The van der Waals surface area contributed by atoms with E-state index in [0.717, 1.165) is 18.3 Å². The molecule has 0 aliphatic rings. The van der Waals surface area contributed by atoms with Gasteiger partial charge in [0.05, 0.1) is 22.9 Å². The molecule has 0 unspecified atom stereocenters. The maximum atomic E-state index is 13.6. The molecule has 0 saturated carbocycles. The maximum absolute atomic E-state index is 13.6. The number of para-hydroxylation sites is 2. The number of hydrogen-bond donors (Lipinski definition) is 3. The molecular formula is C19H14F2N4O2. The summed E-state index contributed by atoms with van der Waals surface area (Å²) in [7, 11) is 0. The molecule has 1 aromatic heterocycles. The van der Waals surface area contributed by atoms with E-state index in [-0.39, 0.29) is 5.69 Å². The fraction of sp³-hybridized carbons (Fsp3) is 0.0526. The molecule has 0 fully saturated rings. The van der Waals surface area contributed by atoms with Gasteiger partial charge in [-0.1, -0.05) is 24.3 Å². The summed E-state index contributed by atoms with van der Waals surface area (Å²) in [4.78, 5) is 19.4. The summed E-state index contributed by atoms with van der Waals surface area (Å²) in [5.41, 5.74) is 1.79. The first-order valence-electron chi connectivity index (χ1n) is 7.83. The van der Waals surface area contributed by atoms with Crippen LogP contribution in [0, 0.1) is 5.41 Å². The average molecular weight is 368 g/mol. The molecule has 136 valence electrons. The Morgan fingerprint density at radius 3 is 2.59 bits per heavy atom. The highest BCUT2D eigenvalue weighted by Gasteiger charge is 2.41. The van der Waals surface area contributed by atoms with Crippen molar-refractivity contribution in [3.8, 4) is 0 Å². The van der Waals surface area contributed by atoms with Crippen molar-refractivity contribution < 1.29 is 18.7 Å². The number of hydrogen-bond acceptors (Lipinski definition) is 5. The van der Waals surface area contributed by atoms with Crippen LogP contribution in [0.1, 0.15) is 11.3 Å². The van der Waals surface area contributed by atoms with E-state index in [0.29, 0.717) is 22.3 Å². The molecule has 8 heteroatoms.